The number of benzene rings is 2. The first kappa shape index (κ1) is 20.9. The standard InChI is InChI=1S/C22H23F3N2O2/c1-4-15-10-11-18-17(12-15)19(16-8-6-5-7-9-16)26-27(18)13-21(2,3)20(28)29-14-22(23,24)25/h5-12H,4,13-14H2,1-3H3. The highest BCUT2D eigenvalue weighted by molar-refractivity contribution is 5.94. The Morgan fingerprint density at radius 1 is 1.10 bits per heavy atom. The van der Waals surface area contributed by atoms with Crippen molar-refractivity contribution in [3.05, 3.63) is 54.1 Å². The zero-order chi connectivity index (χ0) is 21.2. The molecule has 1 aromatic heterocycles. The number of carbonyl (C=O) groups is 1. The Morgan fingerprint density at radius 3 is 2.41 bits per heavy atom. The lowest BCUT2D eigenvalue weighted by Gasteiger charge is -2.23. The van der Waals surface area contributed by atoms with E-state index in [4.69, 9.17) is 5.10 Å². The summed E-state index contributed by atoms with van der Waals surface area (Å²) in [6.07, 6.45) is -3.69. The molecular formula is C22H23F3N2O2. The molecule has 2 aromatic carbocycles. The van der Waals surface area contributed by atoms with E-state index in [1.54, 1.807) is 18.5 Å². The topological polar surface area (TPSA) is 44.1 Å². The van der Waals surface area contributed by atoms with Crippen molar-refractivity contribution in [3.8, 4) is 11.3 Å². The highest BCUT2D eigenvalue weighted by Gasteiger charge is 2.36. The molecule has 7 heteroatoms. The minimum absolute atomic E-state index is 0.0957. The van der Waals surface area contributed by atoms with Gasteiger partial charge in [-0.25, -0.2) is 0 Å². The van der Waals surface area contributed by atoms with E-state index >= 15 is 0 Å². The lowest BCUT2D eigenvalue weighted by molar-refractivity contribution is -0.193. The van der Waals surface area contributed by atoms with E-state index in [-0.39, 0.29) is 6.54 Å². The monoisotopic (exact) mass is 404 g/mol. The third-order valence-electron chi connectivity index (χ3n) is 4.73. The maximum atomic E-state index is 12.4. The number of halogens is 3. The third-order valence-corrected chi connectivity index (χ3v) is 4.73. The number of aromatic nitrogens is 2. The highest BCUT2D eigenvalue weighted by Crippen LogP contribution is 2.31. The van der Waals surface area contributed by atoms with Crippen LogP contribution in [0.15, 0.2) is 48.5 Å². The van der Waals surface area contributed by atoms with Crippen LogP contribution in [0.3, 0.4) is 0 Å². The molecule has 0 saturated heterocycles. The molecular weight excluding hydrogens is 381 g/mol. The van der Waals surface area contributed by atoms with Crippen LogP contribution in [0.2, 0.25) is 0 Å². The van der Waals surface area contributed by atoms with Crippen molar-refractivity contribution >= 4 is 16.9 Å². The first-order valence-electron chi connectivity index (χ1n) is 9.39. The van der Waals surface area contributed by atoms with Gasteiger partial charge in [-0.3, -0.25) is 9.48 Å². The molecule has 0 aliphatic heterocycles. The van der Waals surface area contributed by atoms with Crippen molar-refractivity contribution in [1.82, 2.24) is 9.78 Å². The van der Waals surface area contributed by atoms with E-state index in [1.165, 1.54) is 0 Å². The van der Waals surface area contributed by atoms with Crippen LogP contribution in [0.25, 0.3) is 22.2 Å². The zero-order valence-corrected chi connectivity index (χ0v) is 16.6. The Bertz CT molecular complexity index is 1010. The van der Waals surface area contributed by atoms with Crippen LogP contribution in [-0.2, 0) is 22.5 Å². The van der Waals surface area contributed by atoms with Crippen molar-refractivity contribution < 1.29 is 22.7 Å². The molecule has 3 rings (SSSR count). The molecule has 3 aromatic rings. The summed E-state index contributed by atoms with van der Waals surface area (Å²) < 4.78 is 43.4. The number of carbonyl (C=O) groups excluding carboxylic acids is 1. The molecule has 4 nitrogen and oxygen atoms in total. The second-order valence-corrected chi connectivity index (χ2v) is 7.65. The molecule has 0 atom stereocenters. The van der Waals surface area contributed by atoms with E-state index in [2.05, 4.69) is 17.7 Å². The van der Waals surface area contributed by atoms with Gasteiger partial charge in [-0.05, 0) is 38.0 Å². The quantitative estimate of drug-likeness (QED) is 0.517. The molecule has 0 aliphatic carbocycles. The summed E-state index contributed by atoms with van der Waals surface area (Å²) in [4.78, 5) is 12.3. The summed E-state index contributed by atoms with van der Waals surface area (Å²) in [5.41, 5.74) is 2.50. The first-order chi connectivity index (χ1) is 13.6. The summed E-state index contributed by atoms with van der Waals surface area (Å²) in [5.74, 6) is -0.912. The van der Waals surface area contributed by atoms with E-state index in [0.29, 0.717) is 0 Å². The molecule has 0 fully saturated rings. The number of fused-ring (bicyclic) bond motifs is 1. The van der Waals surface area contributed by atoms with Gasteiger partial charge in [0.05, 0.1) is 17.5 Å². The Labute approximate surface area is 167 Å². The average Bonchev–Trinajstić information content (AvgIpc) is 3.03. The highest BCUT2D eigenvalue weighted by atomic mass is 19.4. The van der Waals surface area contributed by atoms with E-state index < -0.39 is 24.2 Å². The van der Waals surface area contributed by atoms with Crippen molar-refractivity contribution in [2.24, 2.45) is 5.41 Å². The van der Waals surface area contributed by atoms with Gasteiger partial charge in [-0.1, -0.05) is 43.3 Å². The number of hydrogen-bond acceptors (Lipinski definition) is 3. The van der Waals surface area contributed by atoms with Crippen LogP contribution >= 0.6 is 0 Å². The van der Waals surface area contributed by atoms with E-state index in [9.17, 15) is 18.0 Å². The summed E-state index contributed by atoms with van der Waals surface area (Å²) >= 11 is 0. The van der Waals surface area contributed by atoms with Crippen LogP contribution in [-0.4, -0.2) is 28.5 Å². The number of alkyl halides is 3. The minimum atomic E-state index is -4.55. The average molecular weight is 404 g/mol. The number of rotatable bonds is 6. The Hall–Kier alpha value is -2.83. The lowest BCUT2D eigenvalue weighted by atomic mass is 9.93. The molecule has 0 aliphatic rings. The van der Waals surface area contributed by atoms with Crippen molar-refractivity contribution in [2.75, 3.05) is 6.61 Å². The fourth-order valence-corrected chi connectivity index (χ4v) is 3.16. The fourth-order valence-electron chi connectivity index (χ4n) is 3.16. The van der Waals surface area contributed by atoms with Crippen LogP contribution in [0.1, 0.15) is 26.3 Å². The minimum Gasteiger partial charge on any atom is -0.456 e. The second-order valence-electron chi connectivity index (χ2n) is 7.65. The maximum absolute atomic E-state index is 12.4. The summed E-state index contributed by atoms with van der Waals surface area (Å²) in [5, 5.41) is 5.64. The van der Waals surface area contributed by atoms with Crippen molar-refractivity contribution in [3.63, 3.8) is 0 Å². The predicted octanol–water partition coefficient (Wildman–Crippen LogP) is 5.40. The van der Waals surface area contributed by atoms with Gasteiger partial charge in [0.25, 0.3) is 0 Å². The Balaban J connectivity index is 1.98. The van der Waals surface area contributed by atoms with Crippen LogP contribution < -0.4 is 0 Å². The number of hydrogen-bond donors (Lipinski definition) is 0. The van der Waals surface area contributed by atoms with Gasteiger partial charge in [0.1, 0.15) is 5.69 Å². The number of nitrogens with zero attached hydrogens (tertiary/aromatic N) is 2. The third kappa shape index (κ3) is 4.78. The molecule has 29 heavy (non-hydrogen) atoms. The van der Waals surface area contributed by atoms with Gasteiger partial charge in [-0.15, -0.1) is 0 Å². The van der Waals surface area contributed by atoms with Crippen LogP contribution in [0.4, 0.5) is 13.2 Å². The molecule has 1 heterocycles. The molecule has 154 valence electrons. The first-order valence-corrected chi connectivity index (χ1v) is 9.39. The van der Waals surface area contributed by atoms with E-state index in [1.807, 2.05) is 42.5 Å². The molecule has 0 saturated carbocycles. The normalized spacial score (nSPS) is 12.3. The molecule has 0 amide bonds. The van der Waals surface area contributed by atoms with E-state index in [0.717, 1.165) is 34.1 Å². The van der Waals surface area contributed by atoms with Gasteiger partial charge in [0.2, 0.25) is 0 Å². The summed E-state index contributed by atoms with van der Waals surface area (Å²) in [6.45, 7) is 3.68. The molecule has 0 radical (unpaired) electrons. The Morgan fingerprint density at radius 2 is 1.79 bits per heavy atom. The fraction of sp³-hybridized carbons (Fsp3) is 0.364. The maximum Gasteiger partial charge on any atom is 0.422 e. The molecule has 0 unspecified atom stereocenters. The lowest BCUT2D eigenvalue weighted by Crippen LogP contribution is -2.34. The molecule has 0 spiro atoms. The number of ether oxygens (including phenoxy) is 1. The van der Waals surface area contributed by atoms with Gasteiger partial charge in [0, 0.05) is 10.9 Å². The number of esters is 1. The predicted molar refractivity (Wildman–Crippen MR) is 105 cm³/mol. The molecule has 0 N–H and O–H groups in total. The van der Waals surface area contributed by atoms with Gasteiger partial charge >= 0.3 is 12.1 Å². The summed E-state index contributed by atoms with van der Waals surface area (Å²) in [7, 11) is 0. The number of aryl methyl sites for hydroxylation is 1. The van der Waals surface area contributed by atoms with Crippen molar-refractivity contribution in [2.45, 2.75) is 39.9 Å². The van der Waals surface area contributed by atoms with Gasteiger partial charge < -0.3 is 4.74 Å². The van der Waals surface area contributed by atoms with Crippen LogP contribution in [0.5, 0.6) is 0 Å². The Kier molecular flexibility index (Phi) is 5.68. The van der Waals surface area contributed by atoms with Crippen molar-refractivity contribution in [1.29, 1.82) is 0 Å². The SMILES string of the molecule is CCc1ccc2c(c1)c(-c1ccccc1)nn2CC(C)(C)C(=O)OCC(F)(F)F. The van der Waals surface area contributed by atoms with Gasteiger partial charge in [-0.2, -0.15) is 18.3 Å². The zero-order valence-electron chi connectivity index (χ0n) is 16.6. The smallest absolute Gasteiger partial charge is 0.422 e. The summed E-state index contributed by atoms with van der Waals surface area (Å²) in [6, 6.07) is 15.6. The largest absolute Gasteiger partial charge is 0.456 e. The van der Waals surface area contributed by atoms with Crippen LogP contribution in [0, 0.1) is 5.41 Å². The second kappa shape index (κ2) is 7.89. The van der Waals surface area contributed by atoms with Gasteiger partial charge in [0.15, 0.2) is 6.61 Å². The molecule has 0 bridgehead atoms.